The highest BCUT2D eigenvalue weighted by molar-refractivity contribution is 5.37. The lowest BCUT2D eigenvalue weighted by Gasteiger charge is -2.37. The van der Waals surface area contributed by atoms with Crippen LogP contribution in [0, 0.1) is 0 Å². The fourth-order valence-electron chi connectivity index (χ4n) is 3.02. The maximum Gasteiger partial charge on any atom is 0.0899 e. The SMILES string of the molecule is CCCCCC1(O)CCC(C)c2ccccc21. The zero-order valence-electron chi connectivity index (χ0n) is 11.1. The lowest BCUT2D eigenvalue weighted by Crippen LogP contribution is -2.31. The molecule has 0 heterocycles. The maximum absolute atomic E-state index is 10.9. The van der Waals surface area contributed by atoms with E-state index in [4.69, 9.17) is 0 Å². The van der Waals surface area contributed by atoms with Gasteiger partial charge in [-0.2, -0.15) is 0 Å². The van der Waals surface area contributed by atoms with Crippen LogP contribution in [0.15, 0.2) is 24.3 Å². The summed E-state index contributed by atoms with van der Waals surface area (Å²) in [5.74, 6) is 0.595. The Hall–Kier alpha value is -0.820. The van der Waals surface area contributed by atoms with Gasteiger partial charge in [-0.05, 0) is 36.3 Å². The average Bonchev–Trinajstić information content (AvgIpc) is 2.35. The summed E-state index contributed by atoms with van der Waals surface area (Å²) in [6, 6.07) is 8.45. The number of fused-ring (bicyclic) bond motifs is 1. The molecule has 1 N–H and O–H groups in total. The van der Waals surface area contributed by atoms with E-state index in [1.165, 1.54) is 24.0 Å². The summed E-state index contributed by atoms with van der Waals surface area (Å²) in [4.78, 5) is 0. The number of rotatable bonds is 4. The second-order valence-corrected chi connectivity index (χ2v) is 5.52. The summed E-state index contributed by atoms with van der Waals surface area (Å²) >= 11 is 0. The first-order valence-electron chi connectivity index (χ1n) is 6.99. The van der Waals surface area contributed by atoms with Crippen LogP contribution in [0.4, 0.5) is 0 Å². The van der Waals surface area contributed by atoms with Crippen LogP contribution in [-0.4, -0.2) is 5.11 Å². The second-order valence-electron chi connectivity index (χ2n) is 5.52. The molecule has 1 aromatic carbocycles. The first-order chi connectivity index (χ1) is 8.17. The lowest BCUT2D eigenvalue weighted by molar-refractivity contribution is 0.00472. The summed E-state index contributed by atoms with van der Waals surface area (Å²) in [7, 11) is 0. The molecule has 1 aliphatic carbocycles. The van der Waals surface area contributed by atoms with E-state index in [2.05, 4.69) is 38.1 Å². The highest BCUT2D eigenvalue weighted by Crippen LogP contribution is 2.43. The van der Waals surface area contributed by atoms with Crippen molar-refractivity contribution >= 4 is 0 Å². The van der Waals surface area contributed by atoms with Gasteiger partial charge in [0.15, 0.2) is 0 Å². The van der Waals surface area contributed by atoms with Crippen LogP contribution >= 0.6 is 0 Å². The Labute approximate surface area is 105 Å². The first kappa shape index (κ1) is 12.6. The summed E-state index contributed by atoms with van der Waals surface area (Å²) in [6.45, 7) is 4.48. The van der Waals surface area contributed by atoms with Crippen molar-refractivity contribution in [2.45, 2.75) is 63.9 Å². The lowest BCUT2D eigenvalue weighted by atomic mass is 9.72. The minimum atomic E-state index is -0.557. The smallest absolute Gasteiger partial charge is 0.0899 e. The Kier molecular flexibility index (Phi) is 3.88. The molecule has 0 aromatic heterocycles. The fraction of sp³-hybridized carbons (Fsp3) is 0.625. The normalized spacial score (nSPS) is 27.8. The Morgan fingerprint density at radius 3 is 2.82 bits per heavy atom. The van der Waals surface area contributed by atoms with Gasteiger partial charge in [0.05, 0.1) is 5.60 Å². The average molecular weight is 232 g/mol. The molecular weight excluding hydrogens is 208 g/mol. The summed E-state index contributed by atoms with van der Waals surface area (Å²) < 4.78 is 0. The predicted octanol–water partition coefficient (Wildman–Crippen LogP) is 4.35. The van der Waals surface area contributed by atoms with Crippen LogP contribution in [0.1, 0.15) is 69.4 Å². The van der Waals surface area contributed by atoms with Crippen molar-refractivity contribution in [1.29, 1.82) is 0 Å². The molecular formula is C16H24O. The summed E-state index contributed by atoms with van der Waals surface area (Å²) in [5.41, 5.74) is 1.99. The van der Waals surface area contributed by atoms with Gasteiger partial charge in [0, 0.05) is 0 Å². The molecule has 1 aliphatic rings. The number of benzene rings is 1. The van der Waals surface area contributed by atoms with Crippen molar-refractivity contribution in [2.24, 2.45) is 0 Å². The standard InChI is InChI=1S/C16H24O/c1-3-4-7-11-16(17)12-10-13(2)14-8-5-6-9-15(14)16/h5-6,8-9,13,17H,3-4,7,10-12H2,1-2H3. The number of hydrogen-bond donors (Lipinski definition) is 1. The van der Waals surface area contributed by atoms with Crippen LogP contribution in [0.3, 0.4) is 0 Å². The fourth-order valence-corrected chi connectivity index (χ4v) is 3.02. The Balaban J connectivity index is 2.22. The Morgan fingerprint density at radius 2 is 2.06 bits per heavy atom. The molecule has 1 heteroatoms. The van der Waals surface area contributed by atoms with Gasteiger partial charge in [0.1, 0.15) is 0 Å². The molecule has 0 amide bonds. The Morgan fingerprint density at radius 1 is 1.29 bits per heavy atom. The highest BCUT2D eigenvalue weighted by atomic mass is 16.3. The van der Waals surface area contributed by atoms with Gasteiger partial charge in [0.25, 0.3) is 0 Å². The molecule has 0 fully saturated rings. The molecule has 0 radical (unpaired) electrons. The van der Waals surface area contributed by atoms with E-state index in [1.807, 2.05) is 0 Å². The minimum absolute atomic E-state index is 0.557. The molecule has 0 aliphatic heterocycles. The highest BCUT2D eigenvalue weighted by Gasteiger charge is 2.35. The second kappa shape index (κ2) is 5.22. The zero-order chi connectivity index (χ0) is 12.3. The van der Waals surface area contributed by atoms with Crippen molar-refractivity contribution in [3.8, 4) is 0 Å². The number of hydrogen-bond acceptors (Lipinski definition) is 1. The maximum atomic E-state index is 10.9. The molecule has 0 saturated carbocycles. The molecule has 0 saturated heterocycles. The van der Waals surface area contributed by atoms with E-state index < -0.39 is 5.60 Å². The topological polar surface area (TPSA) is 20.2 Å². The van der Waals surface area contributed by atoms with Crippen LogP contribution in [0.5, 0.6) is 0 Å². The van der Waals surface area contributed by atoms with E-state index in [9.17, 15) is 5.11 Å². The summed E-state index contributed by atoms with van der Waals surface area (Å²) in [6.07, 6.45) is 6.53. The third kappa shape index (κ3) is 2.55. The van der Waals surface area contributed by atoms with E-state index in [0.717, 1.165) is 25.7 Å². The van der Waals surface area contributed by atoms with Gasteiger partial charge < -0.3 is 5.11 Å². The molecule has 17 heavy (non-hydrogen) atoms. The van der Waals surface area contributed by atoms with Crippen molar-refractivity contribution in [1.82, 2.24) is 0 Å². The summed E-state index contributed by atoms with van der Waals surface area (Å²) in [5, 5.41) is 10.9. The number of unbranched alkanes of at least 4 members (excludes halogenated alkanes) is 2. The van der Waals surface area contributed by atoms with E-state index in [-0.39, 0.29) is 0 Å². The monoisotopic (exact) mass is 232 g/mol. The molecule has 2 rings (SSSR count). The van der Waals surface area contributed by atoms with Crippen molar-refractivity contribution in [3.05, 3.63) is 35.4 Å². The third-order valence-electron chi connectivity index (χ3n) is 4.18. The predicted molar refractivity (Wildman–Crippen MR) is 72.1 cm³/mol. The van der Waals surface area contributed by atoms with Crippen molar-refractivity contribution < 1.29 is 5.11 Å². The van der Waals surface area contributed by atoms with E-state index >= 15 is 0 Å². The van der Waals surface area contributed by atoms with Gasteiger partial charge in [-0.3, -0.25) is 0 Å². The van der Waals surface area contributed by atoms with Gasteiger partial charge in [-0.1, -0.05) is 57.4 Å². The van der Waals surface area contributed by atoms with Crippen LogP contribution in [0.2, 0.25) is 0 Å². The van der Waals surface area contributed by atoms with Gasteiger partial charge in [-0.25, -0.2) is 0 Å². The van der Waals surface area contributed by atoms with E-state index in [0.29, 0.717) is 5.92 Å². The van der Waals surface area contributed by atoms with Gasteiger partial charge in [-0.15, -0.1) is 0 Å². The molecule has 2 unspecified atom stereocenters. The van der Waals surface area contributed by atoms with Crippen LogP contribution < -0.4 is 0 Å². The van der Waals surface area contributed by atoms with Crippen molar-refractivity contribution in [3.63, 3.8) is 0 Å². The molecule has 94 valence electrons. The van der Waals surface area contributed by atoms with Crippen molar-refractivity contribution in [2.75, 3.05) is 0 Å². The molecule has 1 aromatic rings. The molecule has 1 nitrogen and oxygen atoms in total. The van der Waals surface area contributed by atoms with Crippen LogP contribution in [-0.2, 0) is 5.60 Å². The first-order valence-corrected chi connectivity index (χ1v) is 6.99. The number of aliphatic hydroxyl groups is 1. The molecule has 2 atom stereocenters. The zero-order valence-corrected chi connectivity index (χ0v) is 11.1. The largest absolute Gasteiger partial charge is 0.385 e. The molecule has 0 spiro atoms. The van der Waals surface area contributed by atoms with Gasteiger partial charge >= 0.3 is 0 Å². The van der Waals surface area contributed by atoms with Gasteiger partial charge in [0.2, 0.25) is 0 Å². The quantitative estimate of drug-likeness (QED) is 0.765. The minimum Gasteiger partial charge on any atom is -0.385 e. The van der Waals surface area contributed by atoms with Crippen LogP contribution in [0.25, 0.3) is 0 Å². The molecule has 0 bridgehead atoms. The third-order valence-corrected chi connectivity index (χ3v) is 4.18. The Bertz CT molecular complexity index is 372. The van der Waals surface area contributed by atoms with E-state index in [1.54, 1.807) is 0 Å².